The highest BCUT2D eigenvalue weighted by Gasteiger charge is 1.99. The summed E-state index contributed by atoms with van der Waals surface area (Å²) in [7, 11) is 1.93. The van der Waals surface area contributed by atoms with Crippen LogP contribution < -0.4 is 4.57 Å². The van der Waals surface area contributed by atoms with Crippen LogP contribution in [0.4, 0.5) is 0 Å². The molecule has 1 heterocycles. The first-order valence-electron chi connectivity index (χ1n) is 3.15. The average Bonchev–Trinajstić information content (AvgIpc) is 1.88. The van der Waals surface area contributed by atoms with Gasteiger partial charge in [0.2, 0.25) is 0 Å². The minimum Gasteiger partial charge on any atom is -0.298 e. The zero-order valence-corrected chi connectivity index (χ0v) is 6.16. The van der Waals surface area contributed by atoms with Gasteiger partial charge in [-0.05, 0) is 6.92 Å². The third kappa shape index (κ3) is 1.21. The highest BCUT2D eigenvalue weighted by Crippen LogP contribution is 1.98. The van der Waals surface area contributed by atoms with E-state index in [-0.39, 0.29) is 0 Å². The van der Waals surface area contributed by atoms with Gasteiger partial charge >= 0.3 is 0 Å². The lowest BCUT2D eigenvalue weighted by molar-refractivity contribution is -0.671. The SMILES string of the molecule is Cc1c[n+](C)ccc1C=O. The predicted octanol–water partition coefficient (Wildman–Crippen LogP) is 0.632. The zero-order valence-electron chi connectivity index (χ0n) is 6.16. The summed E-state index contributed by atoms with van der Waals surface area (Å²) in [5.74, 6) is 0. The molecule has 1 rings (SSSR count). The summed E-state index contributed by atoms with van der Waals surface area (Å²) >= 11 is 0. The van der Waals surface area contributed by atoms with E-state index in [1.807, 2.05) is 37.0 Å². The van der Waals surface area contributed by atoms with Gasteiger partial charge in [0.05, 0.1) is 0 Å². The number of carbonyl (C=O) groups is 1. The molecule has 0 N–H and O–H groups in total. The number of rotatable bonds is 1. The molecule has 1 aromatic rings. The number of pyridine rings is 1. The number of hydrogen-bond donors (Lipinski definition) is 0. The smallest absolute Gasteiger partial charge is 0.172 e. The third-order valence-corrected chi connectivity index (χ3v) is 1.47. The Morgan fingerprint density at radius 1 is 1.60 bits per heavy atom. The summed E-state index contributed by atoms with van der Waals surface area (Å²) in [6.07, 6.45) is 4.65. The number of aryl methyl sites for hydroxylation is 2. The molecule has 0 aliphatic carbocycles. The van der Waals surface area contributed by atoms with E-state index in [1.165, 1.54) is 0 Å². The quantitative estimate of drug-likeness (QED) is 0.410. The Morgan fingerprint density at radius 3 is 2.80 bits per heavy atom. The first kappa shape index (κ1) is 6.93. The van der Waals surface area contributed by atoms with E-state index in [2.05, 4.69) is 0 Å². The van der Waals surface area contributed by atoms with Crippen molar-refractivity contribution in [1.29, 1.82) is 0 Å². The van der Waals surface area contributed by atoms with E-state index >= 15 is 0 Å². The maximum Gasteiger partial charge on any atom is 0.172 e. The molecule has 0 saturated heterocycles. The van der Waals surface area contributed by atoms with Crippen LogP contribution in [0.3, 0.4) is 0 Å². The van der Waals surface area contributed by atoms with Gasteiger partial charge in [-0.3, -0.25) is 4.79 Å². The van der Waals surface area contributed by atoms with E-state index in [0.717, 1.165) is 17.4 Å². The minimum atomic E-state index is 0.762. The van der Waals surface area contributed by atoms with Crippen LogP contribution in [-0.4, -0.2) is 6.29 Å². The van der Waals surface area contributed by atoms with E-state index in [4.69, 9.17) is 0 Å². The molecule has 0 radical (unpaired) electrons. The summed E-state index contributed by atoms with van der Waals surface area (Å²) in [4.78, 5) is 10.3. The Kier molecular flexibility index (Phi) is 1.81. The van der Waals surface area contributed by atoms with Crippen LogP contribution in [0.2, 0.25) is 0 Å². The maximum atomic E-state index is 10.3. The average molecular weight is 136 g/mol. The van der Waals surface area contributed by atoms with Gasteiger partial charge in [0.1, 0.15) is 7.05 Å². The summed E-state index contributed by atoms with van der Waals surface area (Å²) in [6, 6.07) is 1.81. The normalized spacial score (nSPS) is 9.40. The van der Waals surface area contributed by atoms with Crippen molar-refractivity contribution in [3.63, 3.8) is 0 Å². The van der Waals surface area contributed by atoms with Gasteiger partial charge in [-0.15, -0.1) is 0 Å². The molecule has 0 amide bonds. The van der Waals surface area contributed by atoms with Crippen molar-refractivity contribution in [3.8, 4) is 0 Å². The molecule has 2 heteroatoms. The summed E-state index contributed by atoms with van der Waals surface area (Å²) in [6.45, 7) is 1.92. The standard InChI is InChI=1S/C8H10NO/c1-7-5-9(2)4-3-8(7)6-10/h3-6H,1-2H3/q+1. The topological polar surface area (TPSA) is 20.9 Å². The van der Waals surface area contributed by atoms with E-state index in [9.17, 15) is 4.79 Å². The molecule has 0 fully saturated rings. The van der Waals surface area contributed by atoms with Crippen molar-refractivity contribution in [3.05, 3.63) is 29.6 Å². The Morgan fingerprint density at radius 2 is 2.30 bits per heavy atom. The van der Waals surface area contributed by atoms with Crippen LogP contribution >= 0.6 is 0 Å². The van der Waals surface area contributed by atoms with Gasteiger partial charge in [-0.1, -0.05) is 0 Å². The van der Waals surface area contributed by atoms with Gasteiger partial charge in [0.15, 0.2) is 18.7 Å². The Hall–Kier alpha value is -1.18. The second-order valence-electron chi connectivity index (χ2n) is 2.37. The molecule has 0 atom stereocenters. The van der Waals surface area contributed by atoms with Crippen LogP contribution in [0, 0.1) is 6.92 Å². The lowest BCUT2D eigenvalue weighted by Gasteiger charge is -1.92. The highest BCUT2D eigenvalue weighted by molar-refractivity contribution is 5.76. The Bertz CT molecular complexity index is 255. The lowest BCUT2D eigenvalue weighted by Crippen LogP contribution is -2.27. The van der Waals surface area contributed by atoms with Gasteiger partial charge in [0.25, 0.3) is 0 Å². The number of aromatic nitrogens is 1. The van der Waals surface area contributed by atoms with Crippen molar-refractivity contribution in [2.24, 2.45) is 7.05 Å². The largest absolute Gasteiger partial charge is 0.298 e. The summed E-state index contributed by atoms with van der Waals surface area (Å²) in [5.41, 5.74) is 1.78. The van der Waals surface area contributed by atoms with Crippen LogP contribution in [0.1, 0.15) is 15.9 Å². The minimum absolute atomic E-state index is 0.762. The number of hydrogen-bond acceptors (Lipinski definition) is 1. The van der Waals surface area contributed by atoms with Gasteiger partial charge in [-0.2, -0.15) is 0 Å². The fourth-order valence-electron chi connectivity index (χ4n) is 0.885. The molecule has 2 nitrogen and oxygen atoms in total. The molecular formula is C8H10NO+. The molecule has 0 aliphatic rings. The van der Waals surface area contributed by atoms with Crippen molar-refractivity contribution < 1.29 is 9.36 Å². The first-order valence-corrected chi connectivity index (χ1v) is 3.15. The number of aldehydes is 1. The first-order chi connectivity index (χ1) is 4.74. The predicted molar refractivity (Wildman–Crippen MR) is 37.7 cm³/mol. The number of nitrogens with zero attached hydrogens (tertiary/aromatic N) is 1. The highest BCUT2D eigenvalue weighted by atomic mass is 16.1. The fraction of sp³-hybridized carbons (Fsp3) is 0.250. The van der Waals surface area contributed by atoms with Crippen molar-refractivity contribution >= 4 is 6.29 Å². The van der Waals surface area contributed by atoms with Crippen LogP contribution in [-0.2, 0) is 7.05 Å². The molecular weight excluding hydrogens is 126 g/mol. The van der Waals surface area contributed by atoms with Crippen molar-refractivity contribution in [2.45, 2.75) is 6.92 Å². The molecule has 52 valence electrons. The summed E-state index contributed by atoms with van der Waals surface area (Å²) < 4.78 is 1.92. The van der Waals surface area contributed by atoms with E-state index in [0.29, 0.717) is 0 Å². The number of carbonyl (C=O) groups excluding carboxylic acids is 1. The second kappa shape index (κ2) is 2.60. The van der Waals surface area contributed by atoms with Gasteiger partial charge < -0.3 is 0 Å². The summed E-state index contributed by atoms with van der Waals surface area (Å²) in [5, 5.41) is 0. The zero-order chi connectivity index (χ0) is 7.56. The Labute approximate surface area is 60.1 Å². The molecule has 0 aliphatic heterocycles. The van der Waals surface area contributed by atoms with Crippen LogP contribution in [0.15, 0.2) is 18.5 Å². The third-order valence-electron chi connectivity index (χ3n) is 1.47. The molecule has 1 aromatic heterocycles. The molecule has 0 aromatic carbocycles. The molecule has 0 unspecified atom stereocenters. The molecule has 0 bridgehead atoms. The van der Waals surface area contributed by atoms with Gasteiger partial charge in [0, 0.05) is 17.2 Å². The Balaban J connectivity index is 3.19. The molecule has 0 spiro atoms. The van der Waals surface area contributed by atoms with Crippen molar-refractivity contribution in [1.82, 2.24) is 0 Å². The lowest BCUT2D eigenvalue weighted by atomic mass is 10.2. The maximum absolute atomic E-state index is 10.3. The monoisotopic (exact) mass is 136 g/mol. The molecule has 10 heavy (non-hydrogen) atoms. The fourth-order valence-corrected chi connectivity index (χ4v) is 0.885. The second-order valence-corrected chi connectivity index (χ2v) is 2.37. The molecule has 0 saturated carbocycles. The van der Waals surface area contributed by atoms with Gasteiger partial charge in [-0.25, -0.2) is 4.57 Å². The van der Waals surface area contributed by atoms with Crippen molar-refractivity contribution in [2.75, 3.05) is 0 Å². The van der Waals surface area contributed by atoms with Crippen LogP contribution in [0.5, 0.6) is 0 Å². The van der Waals surface area contributed by atoms with E-state index in [1.54, 1.807) is 0 Å². The van der Waals surface area contributed by atoms with E-state index < -0.39 is 0 Å². The van der Waals surface area contributed by atoms with Crippen LogP contribution in [0.25, 0.3) is 0 Å².